The van der Waals surface area contributed by atoms with E-state index in [1.165, 1.54) is 19.2 Å². The smallest absolute Gasteiger partial charge is 0.308 e. The zero-order valence-electron chi connectivity index (χ0n) is 24.2. The maximum atomic E-state index is 15.6. The number of ether oxygens (including phenoxy) is 3. The number of fused-ring (bicyclic) bond motifs is 1. The van der Waals surface area contributed by atoms with Gasteiger partial charge in [-0.3, -0.25) is 9.59 Å². The second-order valence-electron chi connectivity index (χ2n) is 11.1. The molecule has 1 N–H and O–H groups in total. The Morgan fingerprint density at radius 1 is 1.02 bits per heavy atom. The first-order valence-corrected chi connectivity index (χ1v) is 14.4. The number of hydrogen-bond donors (Lipinski definition) is 1. The molecule has 0 spiro atoms. The highest BCUT2D eigenvalue weighted by Crippen LogP contribution is 2.32. The van der Waals surface area contributed by atoms with E-state index in [1.807, 2.05) is 0 Å². The lowest BCUT2D eigenvalue weighted by atomic mass is 9.87. The van der Waals surface area contributed by atoms with Crippen LogP contribution in [0.1, 0.15) is 49.7 Å². The summed E-state index contributed by atoms with van der Waals surface area (Å²) >= 11 is 0. The topological polar surface area (TPSA) is 103 Å². The lowest BCUT2D eigenvalue weighted by Gasteiger charge is -2.32. The molecule has 0 unspecified atom stereocenters. The van der Waals surface area contributed by atoms with Gasteiger partial charge < -0.3 is 28.8 Å². The number of methoxy groups -OCH3 is 2. The summed E-state index contributed by atoms with van der Waals surface area (Å²) < 4.78 is 51.4. The third-order valence-corrected chi connectivity index (χ3v) is 8.36. The van der Waals surface area contributed by atoms with E-state index >= 15 is 4.39 Å². The predicted molar refractivity (Wildman–Crippen MR) is 151 cm³/mol. The molecule has 9 nitrogen and oxygen atoms in total. The van der Waals surface area contributed by atoms with Gasteiger partial charge in [0.2, 0.25) is 5.91 Å². The average Bonchev–Trinajstić information content (AvgIpc) is 3.59. The molecule has 42 heavy (non-hydrogen) atoms. The van der Waals surface area contributed by atoms with Crippen LogP contribution < -0.4 is 5.32 Å². The Kier molecular flexibility index (Phi) is 9.37. The van der Waals surface area contributed by atoms with Crippen LogP contribution in [0.3, 0.4) is 0 Å². The highest BCUT2D eigenvalue weighted by Gasteiger charge is 2.38. The largest absolute Gasteiger partial charge is 0.469 e. The molecular weight excluding hydrogens is 548 g/mol. The maximum Gasteiger partial charge on any atom is 0.308 e. The molecule has 1 saturated heterocycles. The molecular formula is C31H37F2N3O6. The standard InChI is InChI=1S/C31H37F2N3O6/c1-18-4-8-21(32)15-26(18)35-31-34-25-13-7-20(28(33)29(25)42-31)14-27(37)36-22(16-39-2)9-10-23(36)17-41-24-11-5-19(6-12-24)30(38)40-3/h4,7-8,13,15,19,22-24H,5-6,9-12,14,16-17H2,1-3H3,(H,34,35)/t19?,22-,23-,24?/m0/s1. The van der Waals surface area contributed by atoms with Crippen LogP contribution >= 0.6 is 0 Å². The number of anilines is 2. The summed E-state index contributed by atoms with van der Waals surface area (Å²) in [4.78, 5) is 31.5. The molecule has 1 aliphatic carbocycles. The number of hydrogen-bond acceptors (Lipinski definition) is 8. The van der Waals surface area contributed by atoms with Crippen LogP contribution in [-0.4, -0.2) is 67.4 Å². The number of carbonyl (C=O) groups is 2. The number of rotatable bonds is 10. The minimum absolute atomic E-state index is 0.0228. The molecule has 2 fully saturated rings. The molecule has 3 aromatic rings. The third kappa shape index (κ3) is 6.57. The SMILES string of the molecule is COC[C@@H]1CC[C@@H](COC2CCC(C(=O)OC)CC2)N1C(=O)Cc1ccc2nc(Nc3cc(F)ccc3C)oc2c1F. The lowest BCUT2D eigenvalue weighted by Crippen LogP contribution is -2.46. The van der Waals surface area contributed by atoms with E-state index in [2.05, 4.69) is 10.3 Å². The van der Waals surface area contributed by atoms with Gasteiger partial charge in [0, 0.05) is 18.4 Å². The van der Waals surface area contributed by atoms with Crippen molar-refractivity contribution in [2.24, 2.45) is 5.92 Å². The normalized spacial score (nSPS) is 22.5. The van der Waals surface area contributed by atoms with E-state index in [0.29, 0.717) is 18.9 Å². The van der Waals surface area contributed by atoms with E-state index < -0.39 is 11.6 Å². The summed E-state index contributed by atoms with van der Waals surface area (Å²) in [5.41, 5.74) is 1.64. The van der Waals surface area contributed by atoms with Crippen LogP contribution in [0.2, 0.25) is 0 Å². The van der Waals surface area contributed by atoms with Crippen molar-refractivity contribution in [1.82, 2.24) is 9.88 Å². The summed E-state index contributed by atoms with van der Waals surface area (Å²) in [6.07, 6.45) is 4.36. The molecule has 2 aromatic carbocycles. The Morgan fingerprint density at radius 3 is 2.48 bits per heavy atom. The zero-order valence-corrected chi connectivity index (χ0v) is 24.2. The first-order chi connectivity index (χ1) is 20.3. The van der Waals surface area contributed by atoms with Crippen LogP contribution in [0.25, 0.3) is 11.1 Å². The van der Waals surface area contributed by atoms with Gasteiger partial charge in [-0.25, -0.2) is 8.78 Å². The van der Waals surface area contributed by atoms with Crippen molar-refractivity contribution < 1.29 is 37.0 Å². The van der Waals surface area contributed by atoms with E-state index in [4.69, 9.17) is 18.6 Å². The van der Waals surface area contributed by atoms with Crippen LogP contribution in [-0.2, 0) is 30.2 Å². The molecule has 2 aliphatic rings. The number of aryl methyl sites for hydroxylation is 1. The Hall–Kier alpha value is -3.57. The first kappa shape index (κ1) is 29.9. The van der Waals surface area contributed by atoms with Crippen LogP contribution in [0.4, 0.5) is 20.5 Å². The summed E-state index contributed by atoms with van der Waals surface area (Å²) in [5.74, 6) is -1.55. The maximum absolute atomic E-state index is 15.6. The molecule has 1 saturated carbocycles. The number of likely N-dealkylation sites (tertiary alicyclic amines) is 1. The van der Waals surface area contributed by atoms with Gasteiger partial charge in [0.05, 0.1) is 50.8 Å². The van der Waals surface area contributed by atoms with Crippen molar-refractivity contribution in [2.45, 2.75) is 70.1 Å². The van der Waals surface area contributed by atoms with Gasteiger partial charge in [-0.2, -0.15) is 4.98 Å². The molecule has 0 radical (unpaired) electrons. The average molecular weight is 586 g/mol. The quantitative estimate of drug-likeness (QED) is 0.313. The first-order valence-electron chi connectivity index (χ1n) is 14.4. The summed E-state index contributed by atoms with van der Waals surface area (Å²) in [6.45, 7) is 2.56. The van der Waals surface area contributed by atoms with Gasteiger partial charge in [0.1, 0.15) is 11.3 Å². The monoisotopic (exact) mass is 585 g/mol. The number of oxazole rings is 1. The van der Waals surface area contributed by atoms with E-state index in [-0.39, 0.29) is 65.1 Å². The van der Waals surface area contributed by atoms with Gasteiger partial charge in [0.25, 0.3) is 6.01 Å². The van der Waals surface area contributed by atoms with Gasteiger partial charge in [0.15, 0.2) is 11.4 Å². The van der Waals surface area contributed by atoms with E-state index in [9.17, 15) is 14.0 Å². The number of amides is 1. The molecule has 11 heteroatoms. The minimum Gasteiger partial charge on any atom is -0.469 e. The zero-order chi connectivity index (χ0) is 29.8. The number of halogens is 2. The van der Waals surface area contributed by atoms with Crippen LogP contribution in [0, 0.1) is 24.5 Å². The Balaban J connectivity index is 1.26. The van der Waals surface area contributed by atoms with Gasteiger partial charge >= 0.3 is 5.97 Å². The van der Waals surface area contributed by atoms with Gasteiger partial charge in [-0.15, -0.1) is 0 Å². The molecule has 1 aromatic heterocycles. The Morgan fingerprint density at radius 2 is 1.76 bits per heavy atom. The molecule has 0 bridgehead atoms. The fourth-order valence-electron chi connectivity index (χ4n) is 6.06. The second kappa shape index (κ2) is 13.2. The minimum atomic E-state index is -0.657. The van der Waals surface area contributed by atoms with Crippen LogP contribution in [0.5, 0.6) is 0 Å². The van der Waals surface area contributed by atoms with Crippen molar-refractivity contribution in [1.29, 1.82) is 0 Å². The lowest BCUT2D eigenvalue weighted by molar-refractivity contribution is -0.148. The number of nitrogens with zero attached hydrogens (tertiary/aromatic N) is 2. The summed E-state index contributed by atoms with van der Waals surface area (Å²) in [7, 11) is 3.01. The third-order valence-electron chi connectivity index (χ3n) is 8.36. The molecule has 5 rings (SSSR count). The fraction of sp³-hybridized carbons (Fsp3) is 0.516. The second-order valence-corrected chi connectivity index (χ2v) is 11.1. The van der Waals surface area contributed by atoms with Crippen LogP contribution in [0.15, 0.2) is 34.7 Å². The van der Waals surface area contributed by atoms with E-state index in [0.717, 1.165) is 44.1 Å². The molecule has 2 heterocycles. The van der Waals surface area contributed by atoms with Crippen molar-refractivity contribution in [2.75, 3.05) is 32.8 Å². The molecule has 1 amide bonds. The Bertz CT molecular complexity index is 1420. The number of benzene rings is 2. The summed E-state index contributed by atoms with van der Waals surface area (Å²) in [6, 6.07) is 7.17. The number of carbonyl (C=O) groups excluding carboxylic acids is 2. The van der Waals surface area contributed by atoms with Gasteiger partial charge in [-0.05, 0) is 69.2 Å². The predicted octanol–water partition coefficient (Wildman–Crippen LogP) is 5.45. The van der Waals surface area contributed by atoms with Gasteiger partial charge in [-0.1, -0.05) is 12.1 Å². The molecule has 1 aliphatic heterocycles. The molecule has 2 atom stereocenters. The van der Waals surface area contributed by atoms with Crippen molar-refractivity contribution in [3.05, 3.63) is 53.1 Å². The van der Waals surface area contributed by atoms with Crippen molar-refractivity contribution in [3.63, 3.8) is 0 Å². The highest BCUT2D eigenvalue weighted by molar-refractivity contribution is 5.83. The van der Waals surface area contributed by atoms with Crippen molar-refractivity contribution in [3.8, 4) is 0 Å². The highest BCUT2D eigenvalue weighted by atomic mass is 19.1. The Labute approximate surface area is 243 Å². The van der Waals surface area contributed by atoms with Crippen molar-refractivity contribution >= 4 is 34.7 Å². The number of esters is 1. The number of nitrogens with one attached hydrogen (secondary N) is 1. The number of aromatic nitrogens is 1. The van der Waals surface area contributed by atoms with E-state index in [1.54, 1.807) is 37.1 Å². The summed E-state index contributed by atoms with van der Waals surface area (Å²) in [5, 5.41) is 2.90. The molecule has 226 valence electrons. The fourth-order valence-corrected chi connectivity index (χ4v) is 6.06.